The summed E-state index contributed by atoms with van der Waals surface area (Å²) >= 11 is 0. The van der Waals surface area contributed by atoms with Gasteiger partial charge in [-0.2, -0.15) is 0 Å². The molecule has 0 radical (unpaired) electrons. The number of carbonyl (C=O) groups excluding carboxylic acids is 3. The van der Waals surface area contributed by atoms with Crippen molar-refractivity contribution in [2.24, 2.45) is 5.73 Å². The molecule has 2 aromatic carbocycles. The minimum atomic E-state index is -1.41. The van der Waals surface area contributed by atoms with E-state index in [1.54, 1.807) is 42.5 Å². The quantitative estimate of drug-likeness (QED) is 0.197. The van der Waals surface area contributed by atoms with Crippen molar-refractivity contribution in [3.05, 3.63) is 65.7 Å². The summed E-state index contributed by atoms with van der Waals surface area (Å²) in [7, 11) is 0. The van der Waals surface area contributed by atoms with Gasteiger partial charge in [0.2, 0.25) is 17.7 Å². The lowest BCUT2D eigenvalue weighted by molar-refractivity contribution is -0.142. The van der Waals surface area contributed by atoms with Crippen LogP contribution in [0.1, 0.15) is 11.1 Å². The molecule has 0 aliphatic rings. The number of hydrogen-bond acceptors (Lipinski definition) is 7. The van der Waals surface area contributed by atoms with Gasteiger partial charge in [-0.3, -0.25) is 14.4 Å². The molecule has 0 spiro atoms. The van der Waals surface area contributed by atoms with E-state index in [1.807, 2.05) is 0 Å². The Bertz CT molecular complexity index is 983. The molecule has 11 heteroatoms. The zero-order valence-electron chi connectivity index (χ0n) is 18.3. The van der Waals surface area contributed by atoms with E-state index in [4.69, 9.17) is 5.73 Å². The van der Waals surface area contributed by atoms with E-state index in [2.05, 4.69) is 16.0 Å². The molecule has 3 unspecified atom stereocenters. The predicted octanol–water partition coefficient (Wildman–Crippen LogP) is -1.33. The molecule has 0 heterocycles. The van der Waals surface area contributed by atoms with Crippen LogP contribution >= 0.6 is 0 Å². The van der Waals surface area contributed by atoms with Crippen LogP contribution in [0.2, 0.25) is 0 Å². The highest BCUT2D eigenvalue weighted by Gasteiger charge is 2.26. The molecule has 34 heavy (non-hydrogen) atoms. The Morgan fingerprint density at radius 2 is 1.44 bits per heavy atom. The van der Waals surface area contributed by atoms with Crippen molar-refractivity contribution in [3.8, 4) is 5.75 Å². The topological polar surface area (TPSA) is 191 Å². The molecule has 182 valence electrons. The van der Waals surface area contributed by atoms with Crippen molar-refractivity contribution in [1.29, 1.82) is 0 Å². The Balaban J connectivity index is 1.83. The number of hydrogen-bond donors (Lipinski definition) is 7. The number of aliphatic carboxylic acids is 1. The lowest BCUT2D eigenvalue weighted by atomic mass is 10.1. The van der Waals surface area contributed by atoms with Crippen molar-refractivity contribution in [2.75, 3.05) is 13.2 Å². The first-order valence-electron chi connectivity index (χ1n) is 10.5. The summed E-state index contributed by atoms with van der Waals surface area (Å²) in [6.45, 7) is -1.28. The van der Waals surface area contributed by atoms with Gasteiger partial charge in [0.25, 0.3) is 0 Å². The average Bonchev–Trinajstić information content (AvgIpc) is 2.82. The molecule has 11 nitrogen and oxygen atoms in total. The molecule has 2 aromatic rings. The second-order valence-corrected chi connectivity index (χ2v) is 7.59. The number of aromatic hydroxyl groups is 1. The number of amides is 3. The summed E-state index contributed by atoms with van der Waals surface area (Å²) < 4.78 is 0. The lowest BCUT2D eigenvalue weighted by Crippen LogP contribution is -2.55. The number of phenolic OH excluding ortho intramolecular Hbond substituents is 1. The number of nitrogens with two attached hydrogens (primary N) is 1. The maximum atomic E-state index is 12.4. The Hall–Kier alpha value is -3.96. The van der Waals surface area contributed by atoms with Crippen LogP contribution in [0.15, 0.2) is 54.6 Å². The number of rotatable bonds is 12. The lowest BCUT2D eigenvalue weighted by Gasteiger charge is -2.20. The van der Waals surface area contributed by atoms with Crippen LogP contribution in [0.4, 0.5) is 0 Å². The molecule has 0 aliphatic carbocycles. The summed E-state index contributed by atoms with van der Waals surface area (Å²) in [5, 5.41) is 35.1. The number of benzene rings is 2. The van der Waals surface area contributed by atoms with E-state index < -0.39 is 55.0 Å². The summed E-state index contributed by atoms with van der Waals surface area (Å²) in [5.41, 5.74) is 7.23. The van der Waals surface area contributed by atoms with Crippen molar-refractivity contribution >= 4 is 23.7 Å². The summed E-state index contributed by atoms with van der Waals surface area (Å²) in [5.74, 6) is -3.45. The van der Waals surface area contributed by atoms with E-state index >= 15 is 0 Å². The first-order chi connectivity index (χ1) is 16.2. The second kappa shape index (κ2) is 12.9. The van der Waals surface area contributed by atoms with Crippen LogP contribution in [0.3, 0.4) is 0 Å². The summed E-state index contributed by atoms with van der Waals surface area (Å²) in [6, 6.07) is 11.2. The molecule has 2 rings (SSSR count). The van der Waals surface area contributed by atoms with Gasteiger partial charge in [-0.1, -0.05) is 42.5 Å². The molecule has 0 aliphatic heterocycles. The summed E-state index contributed by atoms with van der Waals surface area (Å²) in [4.78, 5) is 48.2. The number of aliphatic hydroxyl groups is 1. The number of phenols is 1. The number of carbonyl (C=O) groups is 4. The zero-order chi connectivity index (χ0) is 25.1. The van der Waals surface area contributed by atoms with Gasteiger partial charge in [0.15, 0.2) is 0 Å². The van der Waals surface area contributed by atoms with E-state index in [9.17, 15) is 34.5 Å². The third-order valence-electron chi connectivity index (χ3n) is 4.88. The minimum Gasteiger partial charge on any atom is -0.508 e. The number of carboxylic acid groups (broad SMARTS) is 1. The van der Waals surface area contributed by atoms with Crippen LogP contribution in [0.25, 0.3) is 0 Å². The Morgan fingerprint density at radius 3 is 2.03 bits per heavy atom. The van der Waals surface area contributed by atoms with Crippen LogP contribution in [0.5, 0.6) is 5.75 Å². The van der Waals surface area contributed by atoms with E-state index in [0.29, 0.717) is 11.1 Å². The maximum Gasteiger partial charge on any atom is 0.326 e. The van der Waals surface area contributed by atoms with Crippen LogP contribution in [-0.4, -0.2) is 70.3 Å². The fraction of sp³-hybridized carbons (Fsp3) is 0.304. The largest absolute Gasteiger partial charge is 0.508 e. The molecule has 0 saturated carbocycles. The van der Waals surface area contributed by atoms with Crippen LogP contribution in [-0.2, 0) is 32.0 Å². The summed E-state index contributed by atoms with van der Waals surface area (Å²) in [6.07, 6.45) is 0.191. The minimum absolute atomic E-state index is 0.0169. The van der Waals surface area contributed by atoms with Crippen LogP contribution in [0, 0.1) is 0 Å². The van der Waals surface area contributed by atoms with Gasteiger partial charge in [0.05, 0.1) is 19.2 Å². The van der Waals surface area contributed by atoms with E-state index in [1.165, 1.54) is 12.1 Å². The Labute approximate surface area is 196 Å². The van der Waals surface area contributed by atoms with E-state index in [0.717, 1.165) is 0 Å². The van der Waals surface area contributed by atoms with Gasteiger partial charge >= 0.3 is 5.97 Å². The molecule has 0 saturated heterocycles. The third-order valence-corrected chi connectivity index (χ3v) is 4.88. The van der Waals surface area contributed by atoms with Gasteiger partial charge in [0, 0.05) is 6.42 Å². The normalized spacial score (nSPS) is 13.2. The Kier molecular flexibility index (Phi) is 9.99. The van der Waals surface area contributed by atoms with Crippen LogP contribution < -0.4 is 21.7 Å². The molecule has 0 aromatic heterocycles. The fourth-order valence-corrected chi connectivity index (χ4v) is 3.04. The molecule has 3 atom stereocenters. The first kappa shape index (κ1) is 26.3. The average molecular weight is 472 g/mol. The van der Waals surface area contributed by atoms with Crippen molar-refractivity contribution < 1.29 is 34.5 Å². The number of carboxylic acids is 1. The van der Waals surface area contributed by atoms with Gasteiger partial charge in [0.1, 0.15) is 17.8 Å². The number of nitrogens with one attached hydrogen (secondary N) is 3. The van der Waals surface area contributed by atoms with Gasteiger partial charge < -0.3 is 37.0 Å². The van der Waals surface area contributed by atoms with Gasteiger partial charge in [-0.15, -0.1) is 0 Å². The smallest absolute Gasteiger partial charge is 0.326 e. The molecular formula is C23H28N4O7. The highest BCUT2D eigenvalue weighted by Crippen LogP contribution is 2.10. The standard InChI is InChI=1S/C23H28N4O7/c24-17(10-15-6-8-16(29)9-7-15)21(31)25-12-20(30)26-19(13-28)22(32)27-18(23(33)34)11-14-4-2-1-3-5-14/h1-9,17-19,28-29H,10-13,24H2,(H,25,31)(H,26,30)(H,27,32)(H,33,34). The first-order valence-corrected chi connectivity index (χ1v) is 10.5. The van der Waals surface area contributed by atoms with Crippen molar-refractivity contribution in [3.63, 3.8) is 0 Å². The van der Waals surface area contributed by atoms with Gasteiger partial charge in [-0.25, -0.2) is 4.79 Å². The third kappa shape index (κ3) is 8.52. The highest BCUT2D eigenvalue weighted by atomic mass is 16.4. The van der Waals surface area contributed by atoms with E-state index in [-0.39, 0.29) is 18.6 Å². The second-order valence-electron chi connectivity index (χ2n) is 7.59. The zero-order valence-corrected chi connectivity index (χ0v) is 18.3. The number of aliphatic hydroxyl groups excluding tert-OH is 1. The Morgan fingerprint density at radius 1 is 0.824 bits per heavy atom. The predicted molar refractivity (Wildman–Crippen MR) is 122 cm³/mol. The molecule has 8 N–H and O–H groups in total. The van der Waals surface area contributed by atoms with Crippen molar-refractivity contribution in [1.82, 2.24) is 16.0 Å². The molecule has 0 bridgehead atoms. The SMILES string of the molecule is NC(Cc1ccc(O)cc1)C(=O)NCC(=O)NC(CO)C(=O)NC(Cc1ccccc1)C(=O)O. The molecule has 3 amide bonds. The maximum absolute atomic E-state index is 12.4. The highest BCUT2D eigenvalue weighted by molar-refractivity contribution is 5.92. The molecular weight excluding hydrogens is 444 g/mol. The van der Waals surface area contributed by atoms with Crippen molar-refractivity contribution in [2.45, 2.75) is 31.0 Å². The monoisotopic (exact) mass is 472 g/mol. The van der Waals surface area contributed by atoms with Gasteiger partial charge in [-0.05, 0) is 29.7 Å². The fourth-order valence-electron chi connectivity index (χ4n) is 3.04. The molecule has 0 fully saturated rings.